The first-order valence-electron chi connectivity index (χ1n) is 4.59. The molecule has 0 amide bonds. The summed E-state index contributed by atoms with van der Waals surface area (Å²) in [7, 11) is 1.24. The molecule has 0 fully saturated rings. The first kappa shape index (κ1) is 10.3. The van der Waals surface area contributed by atoms with E-state index in [0.717, 1.165) is 0 Å². The van der Waals surface area contributed by atoms with E-state index in [1.165, 1.54) is 19.5 Å². The summed E-state index contributed by atoms with van der Waals surface area (Å²) in [6, 6.07) is 0. The van der Waals surface area contributed by atoms with Gasteiger partial charge in [0, 0.05) is 12.4 Å². The number of hydrogen-bond donors (Lipinski definition) is 0. The molecule has 16 heavy (non-hydrogen) atoms. The van der Waals surface area contributed by atoms with Crippen molar-refractivity contribution < 1.29 is 14.3 Å². The Morgan fingerprint density at radius 3 is 3.00 bits per heavy atom. The Bertz CT molecular complexity index is 547. The number of nitrogens with zero attached hydrogens (tertiary/aromatic N) is 3. The summed E-state index contributed by atoms with van der Waals surface area (Å²) in [5.74, 6) is -0.889. The van der Waals surface area contributed by atoms with Gasteiger partial charge in [0.05, 0.1) is 19.5 Å². The zero-order chi connectivity index (χ0) is 11.5. The molecule has 0 unspecified atom stereocenters. The van der Waals surface area contributed by atoms with Gasteiger partial charge in [-0.05, 0) is 0 Å². The van der Waals surface area contributed by atoms with Crippen LogP contribution in [0.1, 0.15) is 16.9 Å². The van der Waals surface area contributed by atoms with Gasteiger partial charge < -0.3 is 4.74 Å². The number of carbonyl (C=O) groups excluding carboxylic acids is 2. The van der Waals surface area contributed by atoms with Crippen molar-refractivity contribution in [3.8, 4) is 0 Å². The molecule has 0 aliphatic rings. The minimum atomic E-state index is -0.561. The van der Waals surface area contributed by atoms with Crippen LogP contribution in [0.5, 0.6) is 0 Å². The topological polar surface area (TPSA) is 73.6 Å². The van der Waals surface area contributed by atoms with E-state index >= 15 is 0 Å². The average molecular weight is 219 g/mol. The predicted octanol–water partition coefficient (Wildman–Crippen LogP) is 0.475. The van der Waals surface area contributed by atoms with Gasteiger partial charge in [-0.1, -0.05) is 0 Å². The van der Waals surface area contributed by atoms with Crippen molar-refractivity contribution in [1.29, 1.82) is 0 Å². The summed E-state index contributed by atoms with van der Waals surface area (Å²) in [4.78, 5) is 30.6. The maximum Gasteiger partial charge on any atom is 0.313 e. The Morgan fingerprint density at radius 2 is 2.25 bits per heavy atom. The third kappa shape index (κ3) is 1.77. The van der Waals surface area contributed by atoms with Crippen LogP contribution < -0.4 is 0 Å². The number of fused-ring (bicyclic) bond motifs is 1. The molecule has 0 atom stereocenters. The molecule has 0 aromatic carbocycles. The SMILES string of the molecule is COC(=O)CC(=O)c1cnc2cnccn12. The monoisotopic (exact) mass is 219 g/mol. The number of esters is 1. The number of carbonyl (C=O) groups is 2. The summed E-state index contributed by atoms with van der Waals surface area (Å²) in [6.45, 7) is 0. The van der Waals surface area contributed by atoms with Crippen LogP contribution in [-0.4, -0.2) is 33.2 Å². The van der Waals surface area contributed by atoms with Gasteiger partial charge >= 0.3 is 5.97 Å². The highest BCUT2D eigenvalue weighted by Gasteiger charge is 2.15. The summed E-state index contributed by atoms with van der Waals surface area (Å²) >= 11 is 0. The Morgan fingerprint density at radius 1 is 1.44 bits per heavy atom. The van der Waals surface area contributed by atoms with E-state index in [-0.39, 0.29) is 12.2 Å². The van der Waals surface area contributed by atoms with Crippen LogP contribution in [0, 0.1) is 0 Å². The molecule has 2 heterocycles. The van der Waals surface area contributed by atoms with Crippen molar-refractivity contribution in [2.75, 3.05) is 7.11 Å². The van der Waals surface area contributed by atoms with Crippen molar-refractivity contribution in [3.05, 3.63) is 30.5 Å². The summed E-state index contributed by atoms with van der Waals surface area (Å²) in [5.41, 5.74) is 0.915. The van der Waals surface area contributed by atoms with Crippen LogP contribution in [0.2, 0.25) is 0 Å². The van der Waals surface area contributed by atoms with E-state index in [4.69, 9.17) is 0 Å². The molecule has 0 bridgehead atoms. The Kier molecular flexibility index (Phi) is 2.63. The molecule has 0 N–H and O–H groups in total. The second-order valence-corrected chi connectivity index (χ2v) is 3.12. The van der Waals surface area contributed by atoms with Crippen molar-refractivity contribution in [2.24, 2.45) is 0 Å². The number of methoxy groups -OCH3 is 1. The minimum Gasteiger partial charge on any atom is -0.469 e. The van der Waals surface area contributed by atoms with Crippen LogP contribution in [0.25, 0.3) is 5.65 Å². The maximum atomic E-state index is 11.7. The summed E-state index contributed by atoms with van der Waals surface area (Å²) in [5, 5.41) is 0. The second-order valence-electron chi connectivity index (χ2n) is 3.12. The van der Waals surface area contributed by atoms with Crippen molar-refractivity contribution in [1.82, 2.24) is 14.4 Å². The lowest BCUT2D eigenvalue weighted by Gasteiger charge is -1.99. The van der Waals surface area contributed by atoms with Gasteiger partial charge in [0.1, 0.15) is 12.1 Å². The van der Waals surface area contributed by atoms with E-state index < -0.39 is 5.97 Å². The number of rotatable bonds is 3. The molecule has 0 radical (unpaired) electrons. The first-order valence-corrected chi connectivity index (χ1v) is 4.59. The van der Waals surface area contributed by atoms with Crippen LogP contribution in [0.4, 0.5) is 0 Å². The quantitative estimate of drug-likeness (QED) is 0.426. The van der Waals surface area contributed by atoms with Gasteiger partial charge in [0.2, 0.25) is 0 Å². The second kappa shape index (κ2) is 4.09. The highest BCUT2D eigenvalue weighted by Crippen LogP contribution is 2.07. The Balaban J connectivity index is 2.33. The zero-order valence-electron chi connectivity index (χ0n) is 8.58. The smallest absolute Gasteiger partial charge is 0.313 e. The van der Waals surface area contributed by atoms with Crippen LogP contribution in [0.3, 0.4) is 0 Å². The molecule has 0 aliphatic carbocycles. The van der Waals surface area contributed by atoms with E-state index in [1.54, 1.807) is 16.8 Å². The molecule has 6 nitrogen and oxygen atoms in total. The molecule has 0 aliphatic heterocycles. The predicted molar refractivity (Wildman–Crippen MR) is 54.0 cm³/mol. The van der Waals surface area contributed by atoms with Gasteiger partial charge in [0.15, 0.2) is 11.4 Å². The lowest BCUT2D eigenvalue weighted by atomic mass is 10.2. The van der Waals surface area contributed by atoms with Crippen molar-refractivity contribution in [3.63, 3.8) is 0 Å². The zero-order valence-corrected chi connectivity index (χ0v) is 8.58. The maximum absolute atomic E-state index is 11.7. The Labute approximate surface area is 90.9 Å². The highest BCUT2D eigenvalue weighted by atomic mass is 16.5. The molecule has 2 rings (SSSR count). The molecule has 82 valence electrons. The molecule has 0 spiro atoms. The number of Topliss-reactive ketones (excluding diaryl/α,β-unsaturated/α-hetero) is 1. The fourth-order valence-electron chi connectivity index (χ4n) is 1.34. The van der Waals surface area contributed by atoms with Crippen molar-refractivity contribution >= 4 is 17.4 Å². The van der Waals surface area contributed by atoms with E-state index in [0.29, 0.717) is 11.3 Å². The molecule has 2 aromatic heterocycles. The third-order valence-corrected chi connectivity index (χ3v) is 2.14. The largest absolute Gasteiger partial charge is 0.469 e. The summed E-state index contributed by atoms with van der Waals surface area (Å²) in [6.07, 6.45) is 5.83. The highest BCUT2D eigenvalue weighted by molar-refractivity contribution is 6.05. The first-order chi connectivity index (χ1) is 7.72. The molecular weight excluding hydrogens is 210 g/mol. The van der Waals surface area contributed by atoms with E-state index in [2.05, 4.69) is 14.7 Å². The molecule has 0 saturated carbocycles. The van der Waals surface area contributed by atoms with Crippen molar-refractivity contribution in [2.45, 2.75) is 6.42 Å². The number of ether oxygens (including phenoxy) is 1. The molecule has 0 saturated heterocycles. The lowest BCUT2D eigenvalue weighted by molar-refractivity contribution is -0.139. The third-order valence-electron chi connectivity index (χ3n) is 2.14. The molecule has 6 heteroatoms. The average Bonchev–Trinajstić information content (AvgIpc) is 2.72. The Hall–Kier alpha value is -2.24. The van der Waals surface area contributed by atoms with E-state index in [9.17, 15) is 9.59 Å². The van der Waals surface area contributed by atoms with Gasteiger partial charge in [0.25, 0.3) is 0 Å². The van der Waals surface area contributed by atoms with Gasteiger partial charge in [-0.25, -0.2) is 4.98 Å². The number of ketones is 1. The number of aromatic nitrogens is 3. The van der Waals surface area contributed by atoms with E-state index in [1.807, 2.05) is 0 Å². The number of hydrogen-bond acceptors (Lipinski definition) is 5. The standard InChI is InChI=1S/C10H9N3O3/c1-16-10(15)4-8(14)7-5-12-9-6-11-2-3-13(7)9/h2-3,5-6H,4H2,1H3. The number of imidazole rings is 1. The fourth-order valence-corrected chi connectivity index (χ4v) is 1.34. The minimum absolute atomic E-state index is 0.285. The van der Waals surface area contributed by atoms with Crippen LogP contribution in [-0.2, 0) is 9.53 Å². The lowest BCUT2D eigenvalue weighted by Crippen LogP contribution is -2.11. The normalized spacial score (nSPS) is 10.3. The van der Waals surface area contributed by atoms with Gasteiger partial charge in [-0.3, -0.25) is 19.0 Å². The fraction of sp³-hybridized carbons (Fsp3) is 0.200. The molecular formula is C10H9N3O3. The van der Waals surface area contributed by atoms with Crippen LogP contribution >= 0.6 is 0 Å². The van der Waals surface area contributed by atoms with Gasteiger partial charge in [-0.2, -0.15) is 0 Å². The van der Waals surface area contributed by atoms with Crippen LogP contribution in [0.15, 0.2) is 24.8 Å². The van der Waals surface area contributed by atoms with Gasteiger partial charge in [-0.15, -0.1) is 0 Å². The molecule has 2 aromatic rings. The summed E-state index contributed by atoms with van der Waals surface area (Å²) < 4.78 is 6.01.